The number of hydrogen-bond acceptors (Lipinski definition) is 4. The number of esters is 1. The van der Waals surface area contributed by atoms with Gasteiger partial charge in [0.25, 0.3) is 0 Å². The molecule has 0 bridgehead atoms. The van der Waals surface area contributed by atoms with Crippen LogP contribution in [0.1, 0.15) is 5.56 Å². The highest BCUT2D eigenvalue weighted by Crippen LogP contribution is 2.21. The zero-order chi connectivity index (χ0) is 17.6. The van der Waals surface area contributed by atoms with Crippen LogP contribution in [0.4, 0.5) is 13.2 Å². The molecule has 24 heavy (non-hydrogen) atoms. The van der Waals surface area contributed by atoms with Crippen molar-refractivity contribution in [3.8, 4) is 11.5 Å². The smallest absolute Gasteiger partial charge is 0.422 e. The van der Waals surface area contributed by atoms with Gasteiger partial charge >= 0.3 is 12.1 Å². The predicted octanol–water partition coefficient (Wildman–Crippen LogP) is 3.45. The van der Waals surface area contributed by atoms with Gasteiger partial charge in [0.2, 0.25) is 0 Å². The first-order valence-electron chi connectivity index (χ1n) is 7.14. The molecule has 0 heterocycles. The lowest BCUT2D eigenvalue weighted by molar-refractivity contribution is -0.187. The van der Waals surface area contributed by atoms with E-state index in [0.29, 0.717) is 17.1 Å². The lowest BCUT2D eigenvalue weighted by Crippen LogP contribution is -2.36. The van der Waals surface area contributed by atoms with Crippen molar-refractivity contribution in [3.05, 3.63) is 60.2 Å². The summed E-state index contributed by atoms with van der Waals surface area (Å²) in [6, 6.07) is 14.8. The summed E-state index contributed by atoms with van der Waals surface area (Å²) in [7, 11) is 0. The van der Waals surface area contributed by atoms with E-state index in [1.54, 1.807) is 36.4 Å². The topological polar surface area (TPSA) is 61.5 Å². The largest absolute Gasteiger partial charge is 0.457 e. The average Bonchev–Trinajstić information content (AvgIpc) is 2.54. The number of hydrogen-bond donors (Lipinski definition) is 1. The fourth-order valence-electron chi connectivity index (χ4n) is 1.92. The third kappa shape index (κ3) is 5.92. The van der Waals surface area contributed by atoms with Crippen molar-refractivity contribution in [3.63, 3.8) is 0 Å². The Morgan fingerprint density at radius 1 is 1.00 bits per heavy atom. The van der Waals surface area contributed by atoms with Gasteiger partial charge in [-0.3, -0.25) is 4.79 Å². The molecule has 0 aliphatic carbocycles. The summed E-state index contributed by atoms with van der Waals surface area (Å²) in [5, 5.41) is 0. The number of nitrogens with two attached hydrogens (primary N) is 1. The van der Waals surface area contributed by atoms with Crippen molar-refractivity contribution in [2.24, 2.45) is 5.73 Å². The van der Waals surface area contributed by atoms with E-state index in [9.17, 15) is 18.0 Å². The Hall–Kier alpha value is -2.54. The number of halogens is 3. The number of carbonyl (C=O) groups is 1. The van der Waals surface area contributed by atoms with Crippen molar-refractivity contribution in [1.82, 2.24) is 0 Å². The van der Waals surface area contributed by atoms with Crippen LogP contribution in [0.25, 0.3) is 0 Å². The number of carbonyl (C=O) groups excluding carboxylic acids is 1. The maximum atomic E-state index is 12.0. The van der Waals surface area contributed by atoms with E-state index in [0.717, 1.165) is 0 Å². The van der Waals surface area contributed by atoms with Gasteiger partial charge in [-0.15, -0.1) is 0 Å². The zero-order valence-corrected chi connectivity index (χ0v) is 12.6. The van der Waals surface area contributed by atoms with E-state index in [-0.39, 0.29) is 6.42 Å². The highest BCUT2D eigenvalue weighted by Gasteiger charge is 2.30. The molecule has 0 aliphatic heterocycles. The van der Waals surface area contributed by atoms with Gasteiger partial charge in [0.05, 0.1) is 0 Å². The van der Waals surface area contributed by atoms with Crippen molar-refractivity contribution in [2.45, 2.75) is 18.6 Å². The first kappa shape index (κ1) is 17.8. The quantitative estimate of drug-likeness (QED) is 0.819. The molecule has 2 N–H and O–H groups in total. The summed E-state index contributed by atoms with van der Waals surface area (Å²) in [5.41, 5.74) is 6.25. The molecule has 0 amide bonds. The Balaban J connectivity index is 1.88. The van der Waals surface area contributed by atoms with Crippen LogP contribution >= 0.6 is 0 Å². The van der Waals surface area contributed by atoms with E-state index in [1.165, 1.54) is 0 Å². The van der Waals surface area contributed by atoms with E-state index in [4.69, 9.17) is 10.5 Å². The van der Waals surface area contributed by atoms with Crippen LogP contribution < -0.4 is 10.5 Å². The third-order valence-electron chi connectivity index (χ3n) is 3.04. The monoisotopic (exact) mass is 339 g/mol. The molecule has 2 aromatic carbocycles. The standard InChI is InChI=1S/C17H16F3NO3/c18-17(19,20)11-23-16(22)15(21)10-12-6-8-14(9-7-12)24-13-4-2-1-3-5-13/h1-9,15H,10-11,21H2/t15-/m0/s1. The van der Waals surface area contributed by atoms with Gasteiger partial charge in [-0.1, -0.05) is 30.3 Å². The van der Waals surface area contributed by atoms with Gasteiger partial charge in [0, 0.05) is 0 Å². The minimum absolute atomic E-state index is 0.0717. The maximum Gasteiger partial charge on any atom is 0.422 e. The molecular weight excluding hydrogens is 323 g/mol. The molecule has 0 fully saturated rings. The molecule has 0 spiro atoms. The number of benzene rings is 2. The number of alkyl halides is 3. The van der Waals surface area contributed by atoms with Gasteiger partial charge in [0.1, 0.15) is 17.5 Å². The molecule has 2 aromatic rings. The second kappa shape index (κ2) is 7.83. The van der Waals surface area contributed by atoms with Crippen molar-refractivity contribution >= 4 is 5.97 Å². The molecule has 7 heteroatoms. The minimum Gasteiger partial charge on any atom is -0.457 e. The van der Waals surface area contributed by atoms with Crippen LogP contribution in [0.2, 0.25) is 0 Å². The molecule has 0 aliphatic rings. The van der Waals surface area contributed by atoms with Crippen LogP contribution in [0.5, 0.6) is 11.5 Å². The van der Waals surface area contributed by atoms with Crippen molar-refractivity contribution < 1.29 is 27.4 Å². The molecule has 0 aromatic heterocycles. The Morgan fingerprint density at radius 2 is 1.58 bits per heavy atom. The number of rotatable bonds is 6. The van der Waals surface area contributed by atoms with Crippen molar-refractivity contribution in [1.29, 1.82) is 0 Å². The van der Waals surface area contributed by atoms with Gasteiger partial charge in [-0.2, -0.15) is 13.2 Å². The van der Waals surface area contributed by atoms with E-state index in [1.807, 2.05) is 18.2 Å². The Bertz CT molecular complexity index is 657. The second-order valence-electron chi connectivity index (χ2n) is 5.09. The van der Waals surface area contributed by atoms with Crippen molar-refractivity contribution in [2.75, 3.05) is 6.61 Å². The Kier molecular flexibility index (Phi) is 5.81. The molecule has 2 rings (SSSR count). The molecule has 0 radical (unpaired) electrons. The molecule has 0 saturated heterocycles. The zero-order valence-electron chi connectivity index (χ0n) is 12.6. The lowest BCUT2D eigenvalue weighted by atomic mass is 10.1. The average molecular weight is 339 g/mol. The fraction of sp³-hybridized carbons (Fsp3) is 0.235. The van der Waals surface area contributed by atoms with Crippen LogP contribution in [0.3, 0.4) is 0 Å². The van der Waals surface area contributed by atoms with Crippen LogP contribution in [-0.4, -0.2) is 24.8 Å². The summed E-state index contributed by atoms with van der Waals surface area (Å²) in [6.07, 6.45) is -4.49. The summed E-state index contributed by atoms with van der Waals surface area (Å²) >= 11 is 0. The third-order valence-corrected chi connectivity index (χ3v) is 3.04. The lowest BCUT2D eigenvalue weighted by Gasteiger charge is -2.13. The predicted molar refractivity (Wildman–Crippen MR) is 81.7 cm³/mol. The fourth-order valence-corrected chi connectivity index (χ4v) is 1.92. The first-order valence-corrected chi connectivity index (χ1v) is 7.14. The van der Waals surface area contributed by atoms with Crippen LogP contribution in [-0.2, 0) is 16.0 Å². The first-order chi connectivity index (χ1) is 11.3. The molecule has 0 saturated carbocycles. The molecule has 128 valence electrons. The molecule has 1 atom stereocenters. The summed E-state index contributed by atoms with van der Waals surface area (Å²) < 4.78 is 45.7. The number of para-hydroxylation sites is 1. The van der Waals surface area contributed by atoms with E-state index >= 15 is 0 Å². The van der Waals surface area contributed by atoms with Crippen LogP contribution in [0, 0.1) is 0 Å². The molecular formula is C17H16F3NO3. The summed E-state index contributed by atoms with van der Waals surface area (Å²) in [4.78, 5) is 11.4. The summed E-state index contributed by atoms with van der Waals surface area (Å²) in [6.45, 7) is -1.64. The number of ether oxygens (including phenoxy) is 2. The van der Waals surface area contributed by atoms with Gasteiger partial charge in [0.15, 0.2) is 6.61 Å². The van der Waals surface area contributed by atoms with E-state index in [2.05, 4.69) is 4.74 Å². The Morgan fingerprint density at radius 3 is 2.17 bits per heavy atom. The van der Waals surface area contributed by atoms with Crippen LogP contribution in [0.15, 0.2) is 54.6 Å². The second-order valence-corrected chi connectivity index (χ2v) is 5.09. The SMILES string of the molecule is N[C@@H](Cc1ccc(Oc2ccccc2)cc1)C(=O)OCC(F)(F)F. The summed E-state index contributed by atoms with van der Waals surface area (Å²) in [5.74, 6) is 0.188. The van der Waals surface area contributed by atoms with Gasteiger partial charge in [-0.25, -0.2) is 0 Å². The molecule has 4 nitrogen and oxygen atoms in total. The van der Waals surface area contributed by atoms with Gasteiger partial charge < -0.3 is 15.2 Å². The Labute approximate surface area is 137 Å². The molecule has 0 unspecified atom stereocenters. The highest BCUT2D eigenvalue weighted by atomic mass is 19.4. The van der Waals surface area contributed by atoms with E-state index < -0.39 is 24.8 Å². The normalized spacial score (nSPS) is 12.5. The minimum atomic E-state index is -4.56. The van der Waals surface area contributed by atoms with Gasteiger partial charge in [-0.05, 0) is 36.2 Å². The maximum absolute atomic E-state index is 12.0. The highest BCUT2D eigenvalue weighted by molar-refractivity contribution is 5.75.